The molecule has 0 bridgehead atoms. The molecule has 7 nitrogen and oxygen atoms in total. The zero-order valence-electron chi connectivity index (χ0n) is 22.6. The third kappa shape index (κ3) is 4.40. The zero-order valence-corrected chi connectivity index (χ0v) is 22.6. The van der Waals surface area contributed by atoms with Gasteiger partial charge < -0.3 is 20.1 Å². The Morgan fingerprint density at radius 2 is 1.79 bits per heavy atom. The van der Waals surface area contributed by atoms with Crippen LogP contribution in [-0.2, 0) is 10.3 Å². The van der Waals surface area contributed by atoms with E-state index < -0.39 is 11.6 Å². The molecular weight excluding hydrogens is 478 g/mol. The Kier molecular flexibility index (Phi) is 6.41. The van der Waals surface area contributed by atoms with Crippen molar-refractivity contribution in [1.29, 1.82) is 0 Å². The van der Waals surface area contributed by atoms with E-state index in [0.29, 0.717) is 11.6 Å². The lowest BCUT2D eigenvalue weighted by atomic mass is 9.54. The van der Waals surface area contributed by atoms with Gasteiger partial charge in [0.2, 0.25) is 5.88 Å². The number of carboxylic acid groups (broad SMARTS) is 1. The summed E-state index contributed by atoms with van der Waals surface area (Å²) < 4.78 is 5.79. The number of rotatable bonds is 5. The summed E-state index contributed by atoms with van der Waals surface area (Å²) in [7, 11) is 0. The Morgan fingerprint density at radius 1 is 1.11 bits per heavy atom. The van der Waals surface area contributed by atoms with Crippen molar-refractivity contribution in [3.05, 3.63) is 66.2 Å². The SMILES string of the molecule is CC(C)N1C(=O)COc2nc(-c3ccc(C4(NC(=O)O)CCC4C(C)(C)C)cc3)c(-c3ccccc3)cc21. The van der Waals surface area contributed by atoms with Crippen LogP contribution >= 0.6 is 0 Å². The van der Waals surface area contributed by atoms with Crippen LogP contribution in [0.2, 0.25) is 0 Å². The van der Waals surface area contributed by atoms with E-state index in [1.807, 2.05) is 74.5 Å². The van der Waals surface area contributed by atoms with Crippen LogP contribution in [0.15, 0.2) is 60.7 Å². The molecule has 3 aromatic rings. The molecule has 0 radical (unpaired) electrons. The number of hydrogen-bond donors (Lipinski definition) is 2. The van der Waals surface area contributed by atoms with E-state index in [-0.39, 0.29) is 29.9 Å². The van der Waals surface area contributed by atoms with Gasteiger partial charge in [0.25, 0.3) is 5.91 Å². The average molecular weight is 514 g/mol. The summed E-state index contributed by atoms with van der Waals surface area (Å²) in [5.74, 6) is 0.537. The minimum atomic E-state index is -1.01. The first kappa shape index (κ1) is 25.8. The maximum Gasteiger partial charge on any atom is 0.405 e. The second-order valence-corrected chi connectivity index (χ2v) is 11.7. The van der Waals surface area contributed by atoms with Gasteiger partial charge in [0.1, 0.15) is 5.69 Å². The molecule has 1 fully saturated rings. The first-order chi connectivity index (χ1) is 18.0. The number of nitrogens with zero attached hydrogens (tertiary/aromatic N) is 2. The molecule has 1 aromatic heterocycles. The number of anilines is 1. The van der Waals surface area contributed by atoms with Crippen LogP contribution in [0.1, 0.15) is 53.0 Å². The summed E-state index contributed by atoms with van der Waals surface area (Å²) in [6.45, 7) is 10.4. The lowest BCUT2D eigenvalue weighted by molar-refractivity contribution is -0.121. The van der Waals surface area contributed by atoms with E-state index in [0.717, 1.165) is 40.8 Å². The Balaban J connectivity index is 1.62. The summed E-state index contributed by atoms with van der Waals surface area (Å²) in [6, 6.07) is 20.0. The van der Waals surface area contributed by atoms with Gasteiger partial charge in [-0.1, -0.05) is 75.4 Å². The normalized spacial score (nSPS) is 20.9. The Labute approximate surface area is 223 Å². The molecule has 2 atom stereocenters. The van der Waals surface area contributed by atoms with Crippen molar-refractivity contribution in [3.63, 3.8) is 0 Å². The molecule has 2 heterocycles. The number of ether oxygens (including phenoxy) is 1. The number of nitrogens with one attached hydrogen (secondary N) is 1. The molecule has 198 valence electrons. The monoisotopic (exact) mass is 513 g/mol. The van der Waals surface area contributed by atoms with Crippen LogP contribution in [0.3, 0.4) is 0 Å². The molecule has 2 aliphatic rings. The third-order valence-electron chi connectivity index (χ3n) is 7.90. The molecular formula is C31H35N3O4. The molecule has 1 saturated carbocycles. The van der Waals surface area contributed by atoms with Crippen LogP contribution in [0.25, 0.3) is 22.4 Å². The lowest BCUT2D eigenvalue weighted by Gasteiger charge is -2.55. The summed E-state index contributed by atoms with van der Waals surface area (Å²) in [6.07, 6.45) is 0.727. The number of carbonyl (C=O) groups is 2. The molecule has 38 heavy (non-hydrogen) atoms. The average Bonchev–Trinajstić information content (AvgIpc) is 2.85. The van der Waals surface area contributed by atoms with Crippen molar-refractivity contribution in [2.24, 2.45) is 11.3 Å². The highest BCUT2D eigenvalue weighted by atomic mass is 16.5. The molecule has 2 aromatic carbocycles. The van der Waals surface area contributed by atoms with Crippen molar-refractivity contribution in [3.8, 4) is 28.3 Å². The van der Waals surface area contributed by atoms with E-state index in [4.69, 9.17) is 9.72 Å². The number of carbonyl (C=O) groups excluding carboxylic acids is 1. The second kappa shape index (κ2) is 9.46. The van der Waals surface area contributed by atoms with Crippen molar-refractivity contribution in [1.82, 2.24) is 10.3 Å². The number of aromatic nitrogens is 1. The van der Waals surface area contributed by atoms with Crippen LogP contribution in [-0.4, -0.2) is 34.7 Å². The molecule has 1 aliphatic carbocycles. The fourth-order valence-corrected chi connectivity index (χ4v) is 6.16. The summed E-state index contributed by atoms with van der Waals surface area (Å²) in [5.41, 5.74) is 4.50. The Bertz CT molecular complexity index is 1360. The smallest absolute Gasteiger partial charge is 0.405 e. The predicted octanol–water partition coefficient (Wildman–Crippen LogP) is 6.47. The maximum absolute atomic E-state index is 12.7. The molecule has 2 unspecified atom stereocenters. The molecule has 0 saturated heterocycles. The zero-order chi connectivity index (χ0) is 27.2. The minimum absolute atomic E-state index is 0.0307. The number of amides is 2. The van der Waals surface area contributed by atoms with E-state index in [2.05, 4.69) is 26.1 Å². The predicted molar refractivity (Wildman–Crippen MR) is 148 cm³/mol. The third-order valence-corrected chi connectivity index (χ3v) is 7.90. The van der Waals surface area contributed by atoms with E-state index in [9.17, 15) is 14.7 Å². The fourth-order valence-electron chi connectivity index (χ4n) is 6.16. The molecule has 7 heteroatoms. The van der Waals surface area contributed by atoms with Gasteiger partial charge in [-0.3, -0.25) is 4.79 Å². The Hall–Kier alpha value is -3.87. The Morgan fingerprint density at radius 3 is 2.34 bits per heavy atom. The number of hydrogen-bond acceptors (Lipinski definition) is 4. The second-order valence-electron chi connectivity index (χ2n) is 11.7. The molecule has 1 aliphatic heterocycles. The van der Waals surface area contributed by atoms with Gasteiger partial charge in [0.05, 0.1) is 11.2 Å². The topological polar surface area (TPSA) is 91.8 Å². The fraction of sp³-hybridized carbons (Fsp3) is 0.387. The first-order valence-electron chi connectivity index (χ1n) is 13.2. The number of fused-ring (bicyclic) bond motifs is 1. The molecule has 0 spiro atoms. The van der Waals surface area contributed by atoms with Crippen LogP contribution < -0.4 is 15.0 Å². The largest absolute Gasteiger partial charge is 0.466 e. The van der Waals surface area contributed by atoms with Crippen LogP contribution in [0.5, 0.6) is 5.88 Å². The van der Waals surface area contributed by atoms with Crippen molar-refractivity contribution in [2.45, 2.75) is 59.0 Å². The molecule has 2 N–H and O–H groups in total. The molecule has 5 rings (SSSR count). The quantitative estimate of drug-likeness (QED) is 0.408. The highest BCUT2D eigenvalue weighted by Gasteiger charge is 2.53. The first-order valence-corrected chi connectivity index (χ1v) is 13.2. The van der Waals surface area contributed by atoms with Gasteiger partial charge in [-0.25, -0.2) is 9.78 Å². The summed E-state index contributed by atoms with van der Waals surface area (Å²) in [5, 5.41) is 12.5. The van der Waals surface area contributed by atoms with Crippen molar-refractivity contribution < 1.29 is 19.4 Å². The highest BCUT2D eigenvalue weighted by molar-refractivity contribution is 5.99. The van der Waals surface area contributed by atoms with Crippen molar-refractivity contribution in [2.75, 3.05) is 11.5 Å². The van der Waals surface area contributed by atoms with Gasteiger partial charge >= 0.3 is 6.09 Å². The van der Waals surface area contributed by atoms with E-state index in [1.165, 1.54) is 0 Å². The summed E-state index contributed by atoms with van der Waals surface area (Å²) >= 11 is 0. The summed E-state index contributed by atoms with van der Waals surface area (Å²) in [4.78, 5) is 31.2. The van der Waals surface area contributed by atoms with Gasteiger partial charge in [-0.15, -0.1) is 0 Å². The van der Waals surface area contributed by atoms with Crippen molar-refractivity contribution >= 4 is 17.7 Å². The maximum atomic E-state index is 12.7. The highest BCUT2D eigenvalue weighted by Crippen LogP contribution is 2.55. The van der Waals surface area contributed by atoms with Gasteiger partial charge in [-0.2, -0.15) is 0 Å². The minimum Gasteiger partial charge on any atom is -0.466 e. The number of pyridine rings is 1. The van der Waals surface area contributed by atoms with Gasteiger partial charge in [0.15, 0.2) is 6.61 Å². The van der Waals surface area contributed by atoms with Gasteiger partial charge in [-0.05, 0) is 55.2 Å². The van der Waals surface area contributed by atoms with E-state index >= 15 is 0 Å². The van der Waals surface area contributed by atoms with Gasteiger partial charge in [0, 0.05) is 17.2 Å². The molecule has 2 amide bonds. The van der Waals surface area contributed by atoms with Crippen LogP contribution in [0, 0.1) is 11.3 Å². The van der Waals surface area contributed by atoms with E-state index in [1.54, 1.807) is 4.90 Å². The van der Waals surface area contributed by atoms with Crippen LogP contribution in [0.4, 0.5) is 10.5 Å². The standard InChI is InChI=1S/C31H35N3O4/c1-19(2)34-24-17-23(20-9-7-6-8-10-20)27(32-28(24)38-18-26(34)35)21-11-13-22(14-12-21)31(33-29(36)37)16-15-25(31)30(3,4)5/h6-14,17,19,25,33H,15-16,18H2,1-5H3,(H,36,37). The lowest BCUT2D eigenvalue weighted by Crippen LogP contribution is -2.60. The number of benzene rings is 2.